The Hall–Kier alpha value is -1.62. The normalized spacial score (nSPS) is 22.0. The van der Waals surface area contributed by atoms with Crippen molar-refractivity contribution in [3.63, 3.8) is 0 Å². The topological polar surface area (TPSA) is 39.7 Å². The number of hydrogen-bond acceptors (Lipinski definition) is 4. The second-order valence-electron chi connectivity index (χ2n) is 5.60. The van der Waals surface area contributed by atoms with Crippen LogP contribution < -0.4 is 4.90 Å². The molecular weight excluding hydrogens is 252 g/mol. The van der Waals surface area contributed by atoms with E-state index in [9.17, 15) is 4.79 Å². The minimum atomic E-state index is 0.658. The first-order valence-corrected chi connectivity index (χ1v) is 7.45. The van der Waals surface area contributed by atoms with Gasteiger partial charge in [0.05, 0.1) is 0 Å². The fourth-order valence-electron chi connectivity index (χ4n) is 3.26. The maximum absolute atomic E-state index is 10.7. The van der Waals surface area contributed by atoms with Crippen molar-refractivity contribution >= 4 is 12.1 Å². The van der Waals surface area contributed by atoms with Crippen molar-refractivity contribution in [3.05, 3.63) is 24.5 Å². The number of carbonyl (C=O) groups is 1. The molecule has 2 aliphatic heterocycles. The molecule has 0 saturated carbocycles. The molecule has 3 heterocycles. The van der Waals surface area contributed by atoms with E-state index in [4.69, 9.17) is 0 Å². The van der Waals surface area contributed by atoms with E-state index in [-0.39, 0.29) is 0 Å². The van der Waals surface area contributed by atoms with Gasteiger partial charge >= 0.3 is 0 Å². The molecule has 2 saturated heterocycles. The Kier molecular flexibility index (Phi) is 4.16. The highest BCUT2D eigenvalue weighted by atomic mass is 16.1. The summed E-state index contributed by atoms with van der Waals surface area (Å²) in [5.41, 5.74) is 1.27. The Morgan fingerprint density at radius 2 is 1.65 bits per heavy atom. The third-order valence-corrected chi connectivity index (χ3v) is 4.51. The number of nitrogens with zero attached hydrogens (tertiary/aromatic N) is 4. The van der Waals surface area contributed by atoms with Gasteiger partial charge in [0.1, 0.15) is 0 Å². The highest BCUT2D eigenvalue weighted by molar-refractivity contribution is 5.47. The third kappa shape index (κ3) is 2.93. The molecule has 108 valence electrons. The fourth-order valence-corrected chi connectivity index (χ4v) is 3.26. The molecule has 2 aliphatic rings. The number of piperazine rings is 1. The molecule has 0 N–H and O–H groups in total. The van der Waals surface area contributed by atoms with Gasteiger partial charge in [0.2, 0.25) is 6.41 Å². The van der Waals surface area contributed by atoms with Gasteiger partial charge in [-0.15, -0.1) is 0 Å². The molecule has 1 aromatic heterocycles. The molecule has 5 heteroatoms. The summed E-state index contributed by atoms with van der Waals surface area (Å²) in [5, 5.41) is 0. The van der Waals surface area contributed by atoms with Crippen LogP contribution in [0.2, 0.25) is 0 Å². The van der Waals surface area contributed by atoms with Crippen LogP contribution in [0.1, 0.15) is 12.8 Å². The number of anilines is 1. The zero-order chi connectivity index (χ0) is 13.8. The van der Waals surface area contributed by atoms with E-state index < -0.39 is 0 Å². The van der Waals surface area contributed by atoms with Crippen LogP contribution in [0.3, 0.4) is 0 Å². The van der Waals surface area contributed by atoms with Crippen LogP contribution in [0.4, 0.5) is 5.69 Å². The molecule has 3 rings (SSSR count). The summed E-state index contributed by atoms with van der Waals surface area (Å²) >= 11 is 0. The molecule has 0 unspecified atom stereocenters. The van der Waals surface area contributed by atoms with Crippen molar-refractivity contribution in [3.8, 4) is 0 Å². The first kappa shape index (κ1) is 13.4. The van der Waals surface area contributed by atoms with Crippen molar-refractivity contribution in [1.82, 2.24) is 14.8 Å². The predicted octanol–water partition coefficient (Wildman–Crippen LogP) is 0.824. The minimum absolute atomic E-state index is 0.658. The van der Waals surface area contributed by atoms with Crippen molar-refractivity contribution in [2.24, 2.45) is 0 Å². The molecule has 1 amide bonds. The summed E-state index contributed by atoms with van der Waals surface area (Å²) in [6.45, 7) is 6.23. The highest BCUT2D eigenvalue weighted by Gasteiger charge is 2.26. The number of pyridine rings is 1. The number of aromatic nitrogens is 1. The van der Waals surface area contributed by atoms with Gasteiger partial charge in [-0.2, -0.15) is 0 Å². The van der Waals surface area contributed by atoms with Gasteiger partial charge in [0.15, 0.2) is 0 Å². The number of hydrogen-bond donors (Lipinski definition) is 0. The zero-order valence-electron chi connectivity index (χ0n) is 11.8. The van der Waals surface area contributed by atoms with E-state index in [2.05, 4.69) is 26.9 Å². The molecule has 0 aliphatic carbocycles. The number of rotatable bonds is 3. The molecule has 0 spiro atoms. The standard InChI is InChI=1S/C15H22N4O/c20-13-17-7-3-15(4-8-17)19-11-9-18(10-12-19)14-1-5-16-6-2-14/h1-2,5-6,13,15H,3-4,7-12H2. The van der Waals surface area contributed by atoms with Gasteiger partial charge < -0.3 is 9.80 Å². The summed E-state index contributed by atoms with van der Waals surface area (Å²) < 4.78 is 0. The Labute approximate surface area is 120 Å². The molecule has 20 heavy (non-hydrogen) atoms. The van der Waals surface area contributed by atoms with Crippen LogP contribution in [0, 0.1) is 0 Å². The SMILES string of the molecule is O=CN1CCC(N2CCN(c3ccncc3)CC2)CC1. The number of carbonyl (C=O) groups excluding carboxylic acids is 1. The maximum Gasteiger partial charge on any atom is 0.209 e. The average Bonchev–Trinajstić information content (AvgIpc) is 2.56. The Morgan fingerprint density at radius 1 is 1.00 bits per heavy atom. The molecular formula is C15H22N4O. The van der Waals surface area contributed by atoms with Gasteiger partial charge in [-0.1, -0.05) is 0 Å². The fraction of sp³-hybridized carbons (Fsp3) is 0.600. The van der Waals surface area contributed by atoms with E-state index >= 15 is 0 Å². The molecule has 0 aromatic carbocycles. The summed E-state index contributed by atoms with van der Waals surface area (Å²) in [4.78, 5) is 21.7. The van der Waals surface area contributed by atoms with Crippen molar-refractivity contribution < 1.29 is 4.79 Å². The van der Waals surface area contributed by atoms with Crippen LogP contribution >= 0.6 is 0 Å². The van der Waals surface area contributed by atoms with Crippen LogP contribution in [0.15, 0.2) is 24.5 Å². The Morgan fingerprint density at radius 3 is 2.25 bits per heavy atom. The number of amides is 1. The van der Waals surface area contributed by atoms with E-state index in [0.717, 1.165) is 58.5 Å². The van der Waals surface area contributed by atoms with Crippen LogP contribution in [-0.4, -0.2) is 66.5 Å². The minimum Gasteiger partial charge on any atom is -0.369 e. The Bertz CT molecular complexity index is 423. The quantitative estimate of drug-likeness (QED) is 0.765. The molecule has 0 atom stereocenters. The van der Waals surface area contributed by atoms with Gasteiger partial charge in [-0.25, -0.2) is 0 Å². The van der Waals surface area contributed by atoms with Crippen LogP contribution in [-0.2, 0) is 4.79 Å². The number of piperidine rings is 1. The lowest BCUT2D eigenvalue weighted by atomic mass is 10.0. The lowest BCUT2D eigenvalue weighted by Crippen LogP contribution is -2.53. The largest absolute Gasteiger partial charge is 0.369 e. The van der Waals surface area contributed by atoms with Gasteiger partial charge in [0.25, 0.3) is 0 Å². The van der Waals surface area contributed by atoms with Gasteiger partial charge in [0, 0.05) is 63.4 Å². The summed E-state index contributed by atoms with van der Waals surface area (Å²) in [6, 6.07) is 4.82. The molecule has 5 nitrogen and oxygen atoms in total. The second kappa shape index (κ2) is 6.22. The van der Waals surface area contributed by atoms with Gasteiger partial charge in [-0.05, 0) is 25.0 Å². The second-order valence-corrected chi connectivity index (χ2v) is 5.60. The third-order valence-electron chi connectivity index (χ3n) is 4.51. The number of likely N-dealkylation sites (tertiary alicyclic amines) is 1. The monoisotopic (exact) mass is 274 g/mol. The first-order chi connectivity index (χ1) is 9.86. The molecule has 0 bridgehead atoms. The van der Waals surface area contributed by atoms with E-state index in [1.807, 2.05) is 17.3 Å². The zero-order valence-corrected chi connectivity index (χ0v) is 11.8. The first-order valence-electron chi connectivity index (χ1n) is 7.45. The van der Waals surface area contributed by atoms with E-state index in [1.54, 1.807) is 0 Å². The Balaban J connectivity index is 1.50. The summed E-state index contributed by atoms with van der Waals surface area (Å²) in [6.07, 6.45) is 6.94. The van der Waals surface area contributed by atoms with Crippen molar-refractivity contribution in [2.45, 2.75) is 18.9 Å². The predicted molar refractivity (Wildman–Crippen MR) is 78.7 cm³/mol. The van der Waals surface area contributed by atoms with Crippen molar-refractivity contribution in [1.29, 1.82) is 0 Å². The lowest BCUT2D eigenvalue weighted by molar-refractivity contribution is -0.119. The summed E-state index contributed by atoms with van der Waals surface area (Å²) in [7, 11) is 0. The molecule has 2 fully saturated rings. The summed E-state index contributed by atoms with van der Waals surface area (Å²) in [5.74, 6) is 0. The lowest BCUT2D eigenvalue weighted by Gasteiger charge is -2.42. The van der Waals surface area contributed by atoms with Crippen LogP contribution in [0.25, 0.3) is 0 Å². The molecule has 1 aromatic rings. The highest BCUT2D eigenvalue weighted by Crippen LogP contribution is 2.20. The average molecular weight is 274 g/mol. The molecule has 0 radical (unpaired) electrons. The van der Waals surface area contributed by atoms with Crippen LogP contribution in [0.5, 0.6) is 0 Å². The maximum atomic E-state index is 10.7. The van der Waals surface area contributed by atoms with E-state index in [0.29, 0.717) is 6.04 Å². The van der Waals surface area contributed by atoms with Crippen molar-refractivity contribution in [2.75, 3.05) is 44.2 Å². The van der Waals surface area contributed by atoms with Gasteiger partial charge in [-0.3, -0.25) is 14.7 Å². The van der Waals surface area contributed by atoms with E-state index in [1.165, 1.54) is 5.69 Å². The smallest absolute Gasteiger partial charge is 0.209 e.